The lowest BCUT2D eigenvalue weighted by Gasteiger charge is -2.22. The van der Waals surface area contributed by atoms with Crippen LogP contribution in [0.15, 0.2) is 36.5 Å². The molecule has 1 aliphatic rings. The van der Waals surface area contributed by atoms with Gasteiger partial charge in [0.1, 0.15) is 5.01 Å². The van der Waals surface area contributed by atoms with Gasteiger partial charge in [-0.2, -0.15) is 5.10 Å². The molecule has 25 heavy (non-hydrogen) atoms. The van der Waals surface area contributed by atoms with Crippen LogP contribution in [0.2, 0.25) is 0 Å². The number of carbonyl (C=O) groups excluding carboxylic acids is 1. The van der Waals surface area contributed by atoms with Gasteiger partial charge in [0.15, 0.2) is 5.69 Å². The van der Waals surface area contributed by atoms with Crippen LogP contribution in [0.25, 0.3) is 10.6 Å². The number of hydrogen-bond donors (Lipinski definition) is 2. The predicted molar refractivity (Wildman–Crippen MR) is 97.3 cm³/mol. The summed E-state index contributed by atoms with van der Waals surface area (Å²) >= 11 is 1.59. The molecule has 6 nitrogen and oxygen atoms in total. The standard InChI is InChI=1S/C18H19N5OS/c1-23-8-7-15-14(11-23)16(22-21-15)17(24)19-9-13-10-20-18(25-13)12-5-3-2-4-6-12/h2-6,10H,7-9,11H2,1H3,(H,19,24)(H,21,22). The Morgan fingerprint density at radius 2 is 2.20 bits per heavy atom. The molecule has 0 fully saturated rings. The molecule has 2 N–H and O–H groups in total. The highest BCUT2D eigenvalue weighted by Crippen LogP contribution is 2.25. The molecule has 1 amide bonds. The molecule has 0 bridgehead atoms. The molecule has 3 heterocycles. The summed E-state index contributed by atoms with van der Waals surface area (Å²) in [7, 11) is 2.06. The van der Waals surface area contributed by atoms with Crippen molar-refractivity contribution in [3.05, 3.63) is 58.4 Å². The van der Waals surface area contributed by atoms with Crippen LogP contribution in [0.5, 0.6) is 0 Å². The molecule has 3 aromatic rings. The Morgan fingerprint density at radius 3 is 3.04 bits per heavy atom. The van der Waals surface area contributed by atoms with Crippen molar-refractivity contribution >= 4 is 17.2 Å². The van der Waals surface area contributed by atoms with Crippen LogP contribution < -0.4 is 5.32 Å². The zero-order chi connectivity index (χ0) is 17.2. The number of benzene rings is 1. The second-order valence-electron chi connectivity index (χ2n) is 6.20. The quantitative estimate of drug-likeness (QED) is 0.756. The van der Waals surface area contributed by atoms with Gasteiger partial charge in [0.2, 0.25) is 0 Å². The van der Waals surface area contributed by atoms with Crippen molar-refractivity contribution in [2.24, 2.45) is 0 Å². The number of nitrogens with one attached hydrogen (secondary N) is 2. The van der Waals surface area contributed by atoms with E-state index in [2.05, 4.69) is 32.4 Å². The van der Waals surface area contributed by atoms with Crippen molar-refractivity contribution < 1.29 is 4.79 Å². The summed E-state index contributed by atoms with van der Waals surface area (Å²) in [6.07, 6.45) is 2.72. The maximum absolute atomic E-state index is 12.5. The fraction of sp³-hybridized carbons (Fsp3) is 0.278. The molecule has 0 unspecified atom stereocenters. The Kier molecular flexibility index (Phi) is 4.33. The van der Waals surface area contributed by atoms with E-state index in [4.69, 9.17) is 0 Å². The van der Waals surface area contributed by atoms with Crippen molar-refractivity contribution in [1.29, 1.82) is 0 Å². The molecule has 0 atom stereocenters. The summed E-state index contributed by atoms with van der Waals surface area (Å²) in [6.45, 7) is 2.20. The van der Waals surface area contributed by atoms with Crippen LogP contribution in [0.4, 0.5) is 0 Å². The van der Waals surface area contributed by atoms with Gasteiger partial charge in [-0.25, -0.2) is 4.98 Å². The molecular weight excluding hydrogens is 334 g/mol. The van der Waals surface area contributed by atoms with Gasteiger partial charge in [-0.05, 0) is 7.05 Å². The fourth-order valence-corrected chi connectivity index (χ4v) is 3.83. The summed E-state index contributed by atoms with van der Waals surface area (Å²) in [5, 5.41) is 11.1. The molecule has 0 aliphatic carbocycles. The summed E-state index contributed by atoms with van der Waals surface area (Å²) in [5.41, 5.74) is 3.69. The van der Waals surface area contributed by atoms with Gasteiger partial charge in [-0.3, -0.25) is 9.89 Å². The Labute approximate surface area is 149 Å². The van der Waals surface area contributed by atoms with Gasteiger partial charge >= 0.3 is 0 Å². The van der Waals surface area contributed by atoms with Crippen LogP contribution >= 0.6 is 11.3 Å². The number of nitrogens with zero attached hydrogens (tertiary/aromatic N) is 3. The van der Waals surface area contributed by atoms with E-state index in [1.54, 1.807) is 11.3 Å². The van der Waals surface area contributed by atoms with E-state index in [1.165, 1.54) is 0 Å². The largest absolute Gasteiger partial charge is 0.346 e. The highest BCUT2D eigenvalue weighted by atomic mass is 32.1. The predicted octanol–water partition coefficient (Wildman–Crippen LogP) is 2.45. The van der Waals surface area contributed by atoms with Gasteiger partial charge in [0, 0.05) is 47.4 Å². The molecule has 1 aliphatic heterocycles. The number of thiazole rings is 1. The molecule has 4 rings (SSSR count). The van der Waals surface area contributed by atoms with Gasteiger partial charge in [0.05, 0.1) is 6.54 Å². The zero-order valence-corrected chi connectivity index (χ0v) is 14.8. The average Bonchev–Trinajstić information content (AvgIpc) is 3.27. The first-order chi connectivity index (χ1) is 12.2. The molecule has 7 heteroatoms. The third kappa shape index (κ3) is 3.33. The Morgan fingerprint density at radius 1 is 1.36 bits per heavy atom. The molecule has 0 radical (unpaired) electrons. The molecule has 2 aromatic heterocycles. The number of rotatable bonds is 4. The van der Waals surface area contributed by atoms with E-state index >= 15 is 0 Å². The number of fused-ring (bicyclic) bond motifs is 1. The highest BCUT2D eigenvalue weighted by molar-refractivity contribution is 7.15. The number of hydrogen-bond acceptors (Lipinski definition) is 5. The van der Waals surface area contributed by atoms with Crippen LogP contribution in [-0.2, 0) is 19.5 Å². The highest BCUT2D eigenvalue weighted by Gasteiger charge is 2.23. The molecule has 128 valence electrons. The van der Waals surface area contributed by atoms with E-state index in [0.717, 1.165) is 46.2 Å². The van der Waals surface area contributed by atoms with Crippen LogP contribution in [-0.4, -0.2) is 39.6 Å². The van der Waals surface area contributed by atoms with Gasteiger partial charge in [0.25, 0.3) is 5.91 Å². The summed E-state index contributed by atoms with van der Waals surface area (Å²) < 4.78 is 0. The second kappa shape index (κ2) is 6.78. The van der Waals surface area contributed by atoms with Crippen LogP contribution in [0.1, 0.15) is 26.6 Å². The topological polar surface area (TPSA) is 73.9 Å². The summed E-state index contributed by atoms with van der Waals surface area (Å²) in [6, 6.07) is 10.0. The van der Waals surface area contributed by atoms with E-state index < -0.39 is 0 Å². The first-order valence-corrected chi connectivity index (χ1v) is 9.05. The van der Waals surface area contributed by atoms with Crippen molar-refractivity contribution in [1.82, 2.24) is 25.4 Å². The van der Waals surface area contributed by atoms with Gasteiger partial charge in [-0.15, -0.1) is 11.3 Å². The van der Waals surface area contributed by atoms with Crippen molar-refractivity contribution in [2.45, 2.75) is 19.5 Å². The SMILES string of the molecule is CN1CCc2[nH]nc(C(=O)NCc3cnc(-c4ccccc4)s3)c2C1. The first-order valence-electron chi connectivity index (χ1n) is 8.23. The molecule has 0 spiro atoms. The monoisotopic (exact) mass is 353 g/mol. The lowest BCUT2D eigenvalue weighted by atomic mass is 10.1. The average molecular weight is 353 g/mol. The van der Waals surface area contributed by atoms with Gasteiger partial charge in [-0.1, -0.05) is 30.3 Å². The molecule has 0 saturated heterocycles. The van der Waals surface area contributed by atoms with Crippen LogP contribution in [0.3, 0.4) is 0 Å². The lowest BCUT2D eigenvalue weighted by molar-refractivity contribution is 0.0944. The van der Waals surface area contributed by atoms with Crippen molar-refractivity contribution in [3.8, 4) is 10.6 Å². The fourth-order valence-electron chi connectivity index (χ4n) is 2.97. The third-order valence-corrected chi connectivity index (χ3v) is 5.38. The number of aromatic nitrogens is 3. The Bertz CT molecular complexity index is 886. The molecule has 1 aromatic carbocycles. The number of amides is 1. The first kappa shape index (κ1) is 16.0. The Balaban J connectivity index is 1.43. The van der Waals surface area contributed by atoms with E-state index in [-0.39, 0.29) is 5.91 Å². The van der Waals surface area contributed by atoms with Crippen molar-refractivity contribution in [2.75, 3.05) is 13.6 Å². The summed E-state index contributed by atoms with van der Waals surface area (Å²) in [5.74, 6) is -0.137. The molecular formula is C18H19N5OS. The summed E-state index contributed by atoms with van der Waals surface area (Å²) in [4.78, 5) is 20.2. The maximum Gasteiger partial charge on any atom is 0.272 e. The van der Waals surface area contributed by atoms with E-state index in [9.17, 15) is 4.79 Å². The van der Waals surface area contributed by atoms with Crippen molar-refractivity contribution in [3.63, 3.8) is 0 Å². The maximum atomic E-state index is 12.5. The van der Waals surface area contributed by atoms with Gasteiger partial charge < -0.3 is 10.2 Å². The number of carbonyl (C=O) groups is 1. The van der Waals surface area contributed by atoms with E-state index in [0.29, 0.717) is 12.2 Å². The normalized spacial score (nSPS) is 14.3. The number of likely N-dealkylation sites (N-methyl/N-ethyl adjacent to an activating group) is 1. The second-order valence-corrected chi connectivity index (χ2v) is 7.31. The Hall–Kier alpha value is -2.51. The lowest BCUT2D eigenvalue weighted by Crippen LogP contribution is -2.29. The zero-order valence-electron chi connectivity index (χ0n) is 14.0. The minimum Gasteiger partial charge on any atom is -0.346 e. The van der Waals surface area contributed by atoms with E-state index in [1.807, 2.05) is 36.5 Å². The minimum atomic E-state index is -0.137. The number of H-pyrrole nitrogens is 1. The smallest absolute Gasteiger partial charge is 0.272 e. The third-order valence-electron chi connectivity index (χ3n) is 4.34. The minimum absolute atomic E-state index is 0.137. The number of aromatic amines is 1. The molecule has 0 saturated carbocycles. The van der Waals surface area contributed by atoms with Crippen LogP contribution in [0, 0.1) is 0 Å².